The van der Waals surface area contributed by atoms with Gasteiger partial charge in [0.05, 0.1) is 23.4 Å². The van der Waals surface area contributed by atoms with E-state index in [2.05, 4.69) is 9.88 Å². The number of aromatic nitrogens is 2. The SMILES string of the molecule is CCN1C(=O)C(C)(C)C(=O)N(C)c2cc(OCCCN(CCn3ccc4oc(-c5ccccc5)cc4c3=O)Cc3ccncc3)ccc21. The van der Waals surface area contributed by atoms with Crippen molar-refractivity contribution < 1.29 is 18.7 Å². The molecule has 248 valence electrons. The van der Waals surface area contributed by atoms with Crippen LogP contribution in [0.1, 0.15) is 32.8 Å². The van der Waals surface area contributed by atoms with E-state index in [0.29, 0.717) is 66.6 Å². The Bertz CT molecular complexity index is 1970. The zero-order valence-electron chi connectivity index (χ0n) is 27.9. The topological polar surface area (TPSA) is 101 Å². The predicted octanol–water partition coefficient (Wildman–Crippen LogP) is 5.98. The highest BCUT2D eigenvalue weighted by Gasteiger charge is 2.45. The van der Waals surface area contributed by atoms with Crippen molar-refractivity contribution in [3.8, 4) is 17.1 Å². The fourth-order valence-electron chi connectivity index (χ4n) is 6.21. The van der Waals surface area contributed by atoms with Crippen molar-refractivity contribution in [2.75, 3.05) is 43.1 Å². The van der Waals surface area contributed by atoms with Crippen molar-refractivity contribution in [1.82, 2.24) is 14.5 Å². The molecule has 3 aromatic heterocycles. The number of fused-ring (bicyclic) bond motifs is 2. The summed E-state index contributed by atoms with van der Waals surface area (Å²) in [6, 6.07) is 23.0. The lowest BCUT2D eigenvalue weighted by Gasteiger charge is -2.27. The zero-order valence-corrected chi connectivity index (χ0v) is 27.9. The summed E-state index contributed by atoms with van der Waals surface area (Å²) in [5.74, 6) is 0.836. The van der Waals surface area contributed by atoms with Gasteiger partial charge in [0.2, 0.25) is 11.8 Å². The van der Waals surface area contributed by atoms with Gasteiger partial charge in [-0.2, -0.15) is 0 Å². The van der Waals surface area contributed by atoms with Crippen LogP contribution < -0.4 is 20.1 Å². The van der Waals surface area contributed by atoms with Crippen LogP contribution in [-0.2, 0) is 22.7 Å². The molecule has 0 radical (unpaired) electrons. The lowest BCUT2D eigenvalue weighted by molar-refractivity contribution is -0.137. The number of furan rings is 1. The number of nitrogens with zero attached hydrogens (tertiary/aromatic N) is 5. The Morgan fingerprint density at radius 2 is 1.67 bits per heavy atom. The van der Waals surface area contributed by atoms with Crippen LogP contribution in [0, 0.1) is 5.41 Å². The number of hydrogen-bond donors (Lipinski definition) is 0. The van der Waals surface area contributed by atoms with E-state index in [4.69, 9.17) is 9.15 Å². The van der Waals surface area contributed by atoms with Crippen molar-refractivity contribution in [1.29, 1.82) is 0 Å². The average Bonchev–Trinajstić information content (AvgIpc) is 3.54. The Morgan fingerprint density at radius 1 is 0.896 bits per heavy atom. The van der Waals surface area contributed by atoms with Crippen LogP contribution in [0.5, 0.6) is 5.75 Å². The first-order chi connectivity index (χ1) is 23.2. The van der Waals surface area contributed by atoms with Crippen LogP contribution >= 0.6 is 0 Å². The van der Waals surface area contributed by atoms with E-state index < -0.39 is 5.41 Å². The normalized spacial score (nSPS) is 14.4. The molecule has 1 aliphatic rings. The van der Waals surface area contributed by atoms with Crippen LogP contribution in [0.4, 0.5) is 11.4 Å². The number of carbonyl (C=O) groups is 2. The van der Waals surface area contributed by atoms with Crippen LogP contribution in [0.2, 0.25) is 0 Å². The van der Waals surface area contributed by atoms with Crippen LogP contribution in [-0.4, -0.2) is 59.6 Å². The van der Waals surface area contributed by atoms with Gasteiger partial charge in [0, 0.05) is 70.0 Å². The number of rotatable bonds is 12. The maximum Gasteiger partial charge on any atom is 0.261 e. The molecule has 5 aromatic rings. The van der Waals surface area contributed by atoms with Gasteiger partial charge in [-0.3, -0.25) is 24.3 Å². The molecule has 0 bridgehead atoms. The van der Waals surface area contributed by atoms with E-state index in [1.54, 1.807) is 53.9 Å². The highest BCUT2D eigenvalue weighted by atomic mass is 16.5. The van der Waals surface area contributed by atoms with E-state index in [9.17, 15) is 14.4 Å². The molecule has 0 fully saturated rings. The van der Waals surface area contributed by atoms with Gasteiger partial charge in [0.1, 0.15) is 22.5 Å². The van der Waals surface area contributed by atoms with E-state index in [1.807, 2.05) is 79.7 Å². The molecule has 0 saturated heterocycles. The summed E-state index contributed by atoms with van der Waals surface area (Å²) in [5.41, 5.74) is 2.74. The van der Waals surface area contributed by atoms with Crippen molar-refractivity contribution in [3.63, 3.8) is 0 Å². The third kappa shape index (κ3) is 6.61. The quantitative estimate of drug-likeness (QED) is 0.121. The molecule has 0 N–H and O–H groups in total. The van der Waals surface area contributed by atoms with Crippen molar-refractivity contribution >= 4 is 34.2 Å². The first kappa shape index (κ1) is 32.7. The third-order valence-electron chi connectivity index (χ3n) is 8.95. The summed E-state index contributed by atoms with van der Waals surface area (Å²) >= 11 is 0. The van der Waals surface area contributed by atoms with E-state index in [-0.39, 0.29) is 17.4 Å². The molecule has 4 heterocycles. The minimum Gasteiger partial charge on any atom is -0.493 e. The molecule has 10 nitrogen and oxygen atoms in total. The molecular formula is C38H41N5O5. The average molecular weight is 648 g/mol. The summed E-state index contributed by atoms with van der Waals surface area (Å²) in [6.07, 6.45) is 6.10. The summed E-state index contributed by atoms with van der Waals surface area (Å²) < 4.78 is 13.9. The Morgan fingerprint density at radius 3 is 2.42 bits per heavy atom. The molecule has 0 aliphatic carbocycles. The van der Waals surface area contributed by atoms with Crippen molar-refractivity contribution in [2.24, 2.45) is 5.41 Å². The predicted molar refractivity (Wildman–Crippen MR) is 187 cm³/mol. The molecule has 0 unspecified atom stereocenters. The second-order valence-electron chi connectivity index (χ2n) is 12.6. The first-order valence-electron chi connectivity index (χ1n) is 16.3. The highest BCUT2D eigenvalue weighted by molar-refractivity contribution is 6.20. The Hall–Kier alpha value is -5.22. The molecule has 2 aromatic carbocycles. The maximum absolute atomic E-state index is 13.4. The number of benzene rings is 2. The Balaban J connectivity index is 1.13. The van der Waals surface area contributed by atoms with Gasteiger partial charge >= 0.3 is 0 Å². The van der Waals surface area contributed by atoms with Crippen LogP contribution in [0.3, 0.4) is 0 Å². The molecule has 6 rings (SSSR count). The molecule has 2 amide bonds. The van der Waals surface area contributed by atoms with Gasteiger partial charge in [-0.05, 0) is 69.2 Å². The molecule has 48 heavy (non-hydrogen) atoms. The number of carbonyl (C=O) groups excluding carboxylic acids is 2. The van der Waals surface area contributed by atoms with E-state index in [0.717, 1.165) is 24.1 Å². The van der Waals surface area contributed by atoms with Crippen LogP contribution in [0.25, 0.3) is 22.3 Å². The van der Waals surface area contributed by atoms with E-state index in [1.165, 1.54) is 0 Å². The standard InChI is InChI=1S/C38H41N5O5/c1-5-43-31-13-12-29(24-32(31)40(4)36(45)38(2,3)37(43)46)47-23-9-19-41(26-27-14-17-39-18-15-27)21-22-42-20-16-33-30(35(42)44)25-34(48-33)28-10-7-6-8-11-28/h6-8,10-18,20,24-25H,5,9,19,21-23,26H2,1-4H3. The second kappa shape index (κ2) is 13.9. The van der Waals surface area contributed by atoms with Gasteiger partial charge < -0.3 is 23.5 Å². The summed E-state index contributed by atoms with van der Waals surface area (Å²) in [4.78, 5) is 49.5. The monoisotopic (exact) mass is 647 g/mol. The molecule has 0 spiro atoms. The second-order valence-corrected chi connectivity index (χ2v) is 12.6. The molecular weight excluding hydrogens is 606 g/mol. The Kier molecular flexibility index (Phi) is 9.45. The van der Waals surface area contributed by atoms with Crippen molar-refractivity contribution in [3.05, 3.63) is 107 Å². The molecule has 1 aliphatic heterocycles. The fraction of sp³-hybridized carbons (Fsp3) is 0.316. The van der Waals surface area contributed by atoms with Gasteiger partial charge in [-0.25, -0.2) is 0 Å². The number of anilines is 2. The van der Waals surface area contributed by atoms with Gasteiger partial charge in [0.25, 0.3) is 5.56 Å². The van der Waals surface area contributed by atoms with Gasteiger partial charge in [-0.1, -0.05) is 30.3 Å². The first-order valence-corrected chi connectivity index (χ1v) is 16.3. The lowest BCUT2D eigenvalue weighted by atomic mass is 9.90. The van der Waals surface area contributed by atoms with Gasteiger partial charge in [-0.15, -0.1) is 0 Å². The fourth-order valence-corrected chi connectivity index (χ4v) is 6.21. The number of amides is 2. The van der Waals surface area contributed by atoms with Crippen LogP contribution in [0.15, 0.2) is 101 Å². The largest absolute Gasteiger partial charge is 0.493 e. The summed E-state index contributed by atoms with van der Waals surface area (Å²) in [5, 5.41) is 0.563. The minimum absolute atomic E-state index is 0.0796. The van der Waals surface area contributed by atoms with E-state index >= 15 is 0 Å². The lowest BCUT2D eigenvalue weighted by Crippen LogP contribution is -2.47. The molecule has 0 atom stereocenters. The number of ether oxygens (including phenoxy) is 1. The third-order valence-corrected chi connectivity index (χ3v) is 8.95. The zero-order chi connectivity index (χ0) is 33.8. The van der Waals surface area contributed by atoms with Crippen molar-refractivity contribution in [2.45, 2.75) is 40.3 Å². The summed E-state index contributed by atoms with van der Waals surface area (Å²) in [7, 11) is 1.70. The number of pyridine rings is 2. The summed E-state index contributed by atoms with van der Waals surface area (Å²) in [6.45, 7) is 8.77. The molecule has 0 saturated carbocycles. The smallest absolute Gasteiger partial charge is 0.261 e. The minimum atomic E-state index is -1.16. The number of hydrogen-bond acceptors (Lipinski definition) is 7. The van der Waals surface area contributed by atoms with Gasteiger partial charge in [0.15, 0.2) is 0 Å². The molecule has 10 heteroatoms. The Labute approximate surface area is 280 Å². The highest BCUT2D eigenvalue weighted by Crippen LogP contribution is 2.40. The maximum atomic E-state index is 13.4.